The first-order chi connectivity index (χ1) is 7.99. The van der Waals surface area contributed by atoms with Gasteiger partial charge in [-0.3, -0.25) is 9.82 Å². The Morgan fingerprint density at radius 3 is 2.71 bits per heavy atom. The standard InChI is InChI=1S/C10H11N3O3S/c1-7-2-3-8(6-9(7)14)13-17(15,16)10-4-5-11-12-10/h2-6,13-14H,1H3,(H,11,12). The lowest BCUT2D eigenvalue weighted by molar-refractivity contribution is 0.471. The van der Waals surface area contributed by atoms with E-state index in [4.69, 9.17) is 0 Å². The highest BCUT2D eigenvalue weighted by atomic mass is 32.2. The molecule has 0 aliphatic heterocycles. The number of phenols is 1. The summed E-state index contributed by atoms with van der Waals surface area (Å²) in [6.07, 6.45) is 1.35. The quantitative estimate of drug-likeness (QED) is 0.766. The van der Waals surface area contributed by atoms with Gasteiger partial charge in [0.1, 0.15) is 5.75 Å². The van der Waals surface area contributed by atoms with Gasteiger partial charge in [0, 0.05) is 6.07 Å². The zero-order valence-electron chi connectivity index (χ0n) is 9.01. The molecular weight excluding hydrogens is 242 g/mol. The first kappa shape index (κ1) is 11.5. The lowest BCUT2D eigenvalue weighted by atomic mass is 10.2. The number of nitrogens with one attached hydrogen (secondary N) is 2. The highest BCUT2D eigenvalue weighted by molar-refractivity contribution is 7.92. The molecule has 1 heterocycles. The minimum Gasteiger partial charge on any atom is -0.508 e. The number of aryl methyl sites for hydroxylation is 1. The van der Waals surface area contributed by atoms with Gasteiger partial charge in [-0.25, -0.2) is 0 Å². The molecule has 17 heavy (non-hydrogen) atoms. The van der Waals surface area contributed by atoms with Crippen molar-refractivity contribution in [1.29, 1.82) is 0 Å². The van der Waals surface area contributed by atoms with Gasteiger partial charge in [-0.1, -0.05) is 6.07 Å². The summed E-state index contributed by atoms with van der Waals surface area (Å²) in [7, 11) is -3.68. The molecular formula is C10H11N3O3S. The summed E-state index contributed by atoms with van der Waals surface area (Å²) in [5, 5.41) is 15.4. The van der Waals surface area contributed by atoms with Crippen molar-refractivity contribution in [3.05, 3.63) is 36.0 Å². The molecule has 1 aromatic heterocycles. The molecule has 0 aliphatic rings. The first-order valence-corrected chi connectivity index (χ1v) is 6.29. The van der Waals surface area contributed by atoms with Crippen LogP contribution in [0.25, 0.3) is 0 Å². The van der Waals surface area contributed by atoms with Gasteiger partial charge in [0.15, 0.2) is 5.03 Å². The summed E-state index contributed by atoms with van der Waals surface area (Å²) in [6, 6.07) is 5.89. The number of aromatic hydroxyl groups is 1. The maximum Gasteiger partial charge on any atom is 0.278 e. The summed E-state index contributed by atoms with van der Waals surface area (Å²) in [4.78, 5) is 0. The van der Waals surface area contributed by atoms with Gasteiger partial charge in [-0.05, 0) is 24.6 Å². The number of anilines is 1. The van der Waals surface area contributed by atoms with Gasteiger partial charge in [-0.15, -0.1) is 0 Å². The Morgan fingerprint density at radius 2 is 2.12 bits per heavy atom. The molecule has 0 unspecified atom stereocenters. The number of H-pyrrole nitrogens is 1. The van der Waals surface area contributed by atoms with Crippen LogP contribution in [0.1, 0.15) is 5.56 Å². The maximum atomic E-state index is 11.8. The number of rotatable bonds is 3. The maximum absolute atomic E-state index is 11.8. The third kappa shape index (κ3) is 2.39. The van der Waals surface area contributed by atoms with Gasteiger partial charge in [0.05, 0.1) is 11.9 Å². The number of hydrogen-bond acceptors (Lipinski definition) is 4. The number of sulfonamides is 1. The predicted molar refractivity (Wildman–Crippen MR) is 62.2 cm³/mol. The van der Waals surface area contributed by atoms with Crippen molar-refractivity contribution in [2.24, 2.45) is 0 Å². The van der Waals surface area contributed by atoms with Crippen LogP contribution in [0, 0.1) is 6.92 Å². The number of aromatic amines is 1. The average molecular weight is 253 g/mol. The van der Waals surface area contributed by atoms with E-state index in [1.807, 2.05) is 0 Å². The Labute approximate surface area is 98.4 Å². The molecule has 0 radical (unpaired) electrons. The van der Waals surface area contributed by atoms with E-state index in [-0.39, 0.29) is 10.8 Å². The topological polar surface area (TPSA) is 95.1 Å². The minimum absolute atomic E-state index is 0.0300. The van der Waals surface area contributed by atoms with Crippen LogP contribution < -0.4 is 4.72 Å². The first-order valence-electron chi connectivity index (χ1n) is 4.81. The van der Waals surface area contributed by atoms with Crippen LogP contribution in [0.3, 0.4) is 0 Å². The van der Waals surface area contributed by atoms with Crippen molar-refractivity contribution < 1.29 is 13.5 Å². The molecule has 0 fully saturated rings. The second-order valence-corrected chi connectivity index (χ2v) is 5.18. The number of aromatic nitrogens is 2. The molecule has 3 N–H and O–H groups in total. The summed E-state index contributed by atoms with van der Waals surface area (Å²) in [5.41, 5.74) is 0.970. The summed E-state index contributed by atoms with van der Waals surface area (Å²) in [6.45, 7) is 1.72. The van der Waals surface area contributed by atoms with Gasteiger partial charge in [0.25, 0.3) is 10.0 Å². The monoisotopic (exact) mass is 253 g/mol. The van der Waals surface area contributed by atoms with E-state index in [0.717, 1.165) is 0 Å². The highest BCUT2D eigenvalue weighted by Gasteiger charge is 2.15. The summed E-state index contributed by atoms with van der Waals surface area (Å²) < 4.78 is 25.9. The second-order valence-electron chi connectivity index (χ2n) is 3.53. The molecule has 6 nitrogen and oxygen atoms in total. The van der Waals surface area contributed by atoms with Crippen molar-refractivity contribution in [2.45, 2.75) is 11.9 Å². The number of benzene rings is 1. The Hall–Kier alpha value is -2.02. The molecule has 90 valence electrons. The SMILES string of the molecule is Cc1ccc(NS(=O)(=O)c2ccn[nH]2)cc1O. The van der Waals surface area contributed by atoms with E-state index in [2.05, 4.69) is 14.9 Å². The number of phenolic OH excluding ortho intramolecular Hbond substituents is 1. The van der Waals surface area contributed by atoms with E-state index < -0.39 is 10.0 Å². The summed E-state index contributed by atoms with van der Waals surface area (Å²) >= 11 is 0. The fourth-order valence-electron chi connectivity index (χ4n) is 1.28. The smallest absolute Gasteiger partial charge is 0.278 e. The van der Waals surface area contributed by atoms with Gasteiger partial charge in [0.2, 0.25) is 0 Å². The average Bonchev–Trinajstić information content (AvgIpc) is 2.77. The fraction of sp³-hybridized carbons (Fsp3) is 0.100. The van der Waals surface area contributed by atoms with Crippen LogP contribution in [-0.2, 0) is 10.0 Å². The highest BCUT2D eigenvalue weighted by Crippen LogP contribution is 2.22. The number of nitrogens with zero attached hydrogens (tertiary/aromatic N) is 1. The zero-order valence-corrected chi connectivity index (χ0v) is 9.82. The predicted octanol–water partition coefficient (Wildman–Crippen LogP) is 1.22. The normalized spacial score (nSPS) is 11.4. The van der Waals surface area contributed by atoms with E-state index in [1.54, 1.807) is 19.1 Å². The Balaban J connectivity index is 2.30. The molecule has 0 atom stereocenters. The lowest BCUT2D eigenvalue weighted by Crippen LogP contribution is -2.13. The van der Waals surface area contributed by atoms with Crippen LogP contribution in [-0.4, -0.2) is 23.7 Å². The Bertz CT molecular complexity index is 620. The van der Waals surface area contributed by atoms with Crippen LogP contribution >= 0.6 is 0 Å². The van der Waals surface area contributed by atoms with Gasteiger partial charge < -0.3 is 5.11 Å². The van der Waals surface area contributed by atoms with Crippen molar-refractivity contribution in [2.75, 3.05) is 4.72 Å². The second kappa shape index (κ2) is 4.10. The molecule has 0 bridgehead atoms. The van der Waals surface area contributed by atoms with Crippen LogP contribution in [0.4, 0.5) is 5.69 Å². The molecule has 2 rings (SSSR count). The molecule has 0 saturated carbocycles. The Kier molecular flexibility index (Phi) is 2.76. The van der Waals surface area contributed by atoms with Crippen molar-refractivity contribution in [3.63, 3.8) is 0 Å². The van der Waals surface area contributed by atoms with Crippen molar-refractivity contribution >= 4 is 15.7 Å². The van der Waals surface area contributed by atoms with E-state index in [0.29, 0.717) is 11.3 Å². The molecule has 0 spiro atoms. The van der Waals surface area contributed by atoms with Crippen molar-refractivity contribution in [1.82, 2.24) is 10.2 Å². The van der Waals surface area contributed by atoms with Gasteiger partial charge in [-0.2, -0.15) is 13.5 Å². The molecule has 2 aromatic rings. The molecule has 1 aromatic carbocycles. The third-order valence-corrected chi connectivity index (χ3v) is 3.54. The minimum atomic E-state index is -3.68. The van der Waals surface area contributed by atoms with E-state index in [1.165, 1.54) is 18.3 Å². The lowest BCUT2D eigenvalue weighted by Gasteiger charge is -2.07. The third-order valence-electron chi connectivity index (χ3n) is 2.23. The van der Waals surface area contributed by atoms with Crippen LogP contribution in [0.5, 0.6) is 5.75 Å². The van der Waals surface area contributed by atoms with Crippen molar-refractivity contribution in [3.8, 4) is 5.75 Å². The largest absolute Gasteiger partial charge is 0.508 e. The van der Waals surface area contributed by atoms with E-state index >= 15 is 0 Å². The van der Waals surface area contributed by atoms with Gasteiger partial charge >= 0.3 is 0 Å². The van der Waals surface area contributed by atoms with Crippen LogP contribution in [0.2, 0.25) is 0 Å². The zero-order chi connectivity index (χ0) is 12.5. The summed E-state index contributed by atoms with van der Waals surface area (Å²) in [5.74, 6) is 0.0369. The van der Waals surface area contributed by atoms with E-state index in [9.17, 15) is 13.5 Å². The van der Waals surface area contributed by atoms with Crippen LogP contribution in [0.15, 0.2) is 35.5 Å². The molecule has 0 aliphatic carbocycles. The molecule has 0 saturated heterocycles. The number of hydrogen-bond donors (Lipinski definition) is 3. The molecule has 0 amide bonds. The molecule has 7 heteroatoms. The Morgan fingerprint density at radius 1 is 1.35 bits per heavy atom. The fourth-order valence-corrected chi connectivity index (χ4v) is 2.24.